The maximum atomic E-state index is 13.6. The quantitative estimate of drug-likeness (QED) is 0.816. The molecule has 0 bridgehead atoms. The maximum absolute atomic E-state index is 13.6. The van der Waals surface area contributed by atoms with Gasteiger partial charge in [-0.15, -0.1) is 0 Å². The minimum Gasteiger partial charge on any atom is -0.316 e. The van der Waals surface area contributed by atoms with Crippen molar-refractivity contribution in [3.63, 3.8) is 0 Å². The molecule has 3 heteroatoms. The Morgan fingerprint density at radius 2 is 2.00 bits per heavy atom. The molecule has 2 rings (SSSR count). The number of benzene rings is 1. The average Bonchev–Trinajstić information content (AvgIpc) is 2.25. The molecule has 16 heavy (non-hydrogen) atoms. The fourth-order valence-electron chi connectivity index (χ4n) is 2.31. The topological polar surface area (TPSA) is 12.0 Å². The van der Waals surface area contributed by atoms with E-state index in [0.29, 0.717) is 17.9 Å². The van der Waals surface area contributed by atoms with Crippen LogP contribution in [0.25, 0.3) is 0 Å². The predicted octanol–water partition coefficient (Wildman–Crippen LogP) is 2.82. The fourth-order valence-corrected chi connectivity index (χ4v) is 2.31. The third-order valence-electron chi connectivity index (χ3n) is 3.18. The van der Waals surface area contributed by atoms with Crippen molar-refractivity contribution in [3.05, 3.63) is 34.9 Å². The van der Waals surface area contributed by atoms with Crippen molar-refractivity contribution >= 4 is 0 Å². The first-order valence-electron chi connectivity index (χ1n) is 5.82. The second-order valence-corrected chi connectivity index (χ2v) is 4.62. The highest BCUT2D eigenvalue weighted by Gasteiger charge is 2.18. The van der Waals surface area contributed by atoms with E-state index in [-0.39, 0.29) is 5.56 Å². The summed E-state index contributed by atoms with van der Waals surface area (Å²) in [4.78, 5) is 0. The Morgan fingerprint density at radius 1 is 1.31 bits per heavy atom. The van der Waals surface area contributed by atoms with E-state index in [4.69, 9.17) is 0 Å². The molecule has 1 saturated heterocycles. The third-order valence-corrected chi connectivity index (χ3v) is 3.18. The summed E-state index contributed by atoms with van der Waals surface area (Å²) < 4.78 is 27.2. The maximum Gasteiger partial charge on any atom is 0.129 e. The van der Waals surface area contributed by atoms with E-state index in [1.54, 1.807) is 6.92 Å². The average molecular weight is 225 g/mol. The molecule has 1 heterocycles. The summed E-state index contributed by atoms with van der Waals surface area (Å²) in [5.41, 5.74) is 0.889. The van der Waals surface area contributed by atoms with Crippen molar-refractivity contribution in [2.75, 3.05) is 13.1 Å². The molecule has 0 radical (unpaired) electrons. The molecular weight excluding hydrogens is 208 g/mol. The molecule has 1 N–H and O–H groups in total. The van der Waals surface area contributed by atoms with Crippen LogP contribution in [0.1, 0.15) is 24.0 Å². The summed E-state index contributed by atoms with van der Waals surface area (Å²) in [7, 11) is 0. The van der Waals surface area contributed by atoms with Gasteiger partial charge in [0, 0.05) is 5.56 Å². The Bertz CT molecular complexity index is 347. The Hall–Kier alpha value is -0.960. The van der Waals surface area contributed by atoms with Crippen molar-refractivity contribution in [2.24, 2.45) is 5.92 Å². The van der Waals surface area contributed by atoms with E-state index in [0.717, 1.165) is 25.9 Å². The molecule has 1 nitrogen and oxygen atoms in total. The molecule has 0 saturated carbocycles. The molecule has 1 fully saturated rings. The normalized spacial score (nSPS) is 21.1. The van der Waals surface area contributed by atoms with Gasteiger partial charge in [0.15, 0.2) is 0 Å². The van der Waals surface area contributed by atoms with Gasteiger partial charge < -0.3 is 5.32 Å². The summed E-state index contributed by atoms with van der Waals surface area (Å²) >= 11 is 0. The number of piperidine rings is 1. The van der Waals surface area contributed by atoms with Crippen molar-refractivity contribution in [2.45, 2.75) is 26.2 Å². The first-order chi connectivity index (χ1) is 7.66. The van der Waals surface area contributed by atoms with Crippen LogP contribution >= 0.6 is 0 Å². The molecule has 88 valence electrons. The Morgan fingerprint density at radius 3 is 2.56 bits per heavy atom. The van der Waals surface area contributed by atoms with E-state index in [1.165, 1.54) is 12.1 Å². The highest BCUT2D eigenvalue weighted by Crippen LogP contribution is 2.22. The lowest BCUT2D eigenvalue weighted by atomic mass is 9.91. The first kappa shape index (κ1) is 11.5. The highest BCUT2D eigenvalue weighted by molar-refractivity contribution is 5.25. The SMILES string of the molecule is Cc1cc(F)c(CC2CCCNC2)c(F)c1. The molecule has 0 spiro atoms. The fraction of sp³-hybridized carbons (Fsp3) is 0.538. The van der Waals surface area contributed by atoms with E-state index >= 15 is 0 Å². The standard InChI is InChI=1S/C13H17F2N/c1-9-5-12(14)11(13(15)6-9)7-10-3-2-4-16-8-10/h5-6,10,16H,2-4,7-8H2,1H3. The largest absolute Gasteiger partial charge is 0.316 e. The zero-order chi connectivity index (χ0) is 11.5. The van der Waals surface area contributed by atoms with Crippen LogP contribution in [0.2, 0.25) is 0 Å². The van der Waals surface area contributed by atoms with Gasteiger partial charge >= 0.3 is 0 Å². The number of halogens is 2. The molecule has 1 aliphatic rings. The molecule has 1 aromatic carbocycles. The van der Waals surface area contributed by atoms with Crippen LogP contribution in [-0.2, 0) is 6.42 Å². The molecule has 0 aliphatic carbocycles. The number of hydrogen-bond acceptors (Lipinski definition) is 1. The number of rotatable bonds is 2. The molecule has 0 aromatic heterocycles. The van der Waals surface area contributed by atoms with Crippen LogP contribution in [0.15, 0.2) is 12.1 Å². The van der Waals surface area contributed by atoms with Gasteiger partial charge in [-0.2, -0.15) is 0 Å². The summed E-state index contributed by atoms with van der Waals surface area (Å²) in [6, 6.07) is 2.82. The minimum absolute atomic E-state index is 0.249. The minimum atomic E-state index is -0.400. The monoisotopic (exact) mass is 225 g/mol. The second kappa shape index (κ2) is 4.91. The van der Waals surface area contributed by atoms with Crippen molar-refractivity contribution in [1.29, 1.82) is 0 Å². The Labute approximate surface area is 94.9 Å². The lowest BCUT2D eigenvalue weighted by Gasteiger charge is -2.23. The van der Waals surface area contributed by atoms with Gasteiger partial charge in [-0.3, -0.25) is 0 Å². The first-order valence-corrected chi connectivity index (χ1v) is 5.82. The van der Waals surface area contributed by atoms with Gasteiger partial charge in [0.1, 0.15) is 11.6 Å². The van der Waals surface area contributed by atoms with Gasteiger partial charge in [-0.1, -0.05) is 0 Å². The van der Waals surface area contributed by atoms with E-state index < -0.39 is 11.6 Å². The molecule has 1 aliphatic heterocycles. The third kappa shape index (κ3) is 2.59. The van der Waals surface area contributed by atoms with Crippen LogP contribution < -0.4 is 5.32 Å². The summed E-state index contributed by atoms with van der Waals surface area (Å²) in [5.74, 6) is -0.438. The smallest absolute Gasteiger partial charge is 0.129 e. The van der Waals surface area contributed by atoms with Crippen molar-refractivity contribution in [1.82, 2.24) is 5.32 Å². The zero-order valence-electron chi connectivity index (χ0n) is 9.52. The second-order valence-electron chi connectivity index (χ2n) is 4.62. The van der Waals surface area contributed by atoms with Gasteiger partial charge in [0.25, 0.3) is 0 Å². The van der Waals surface area contributed by atoms with Gasteiger partial charge in [0.2, 0.25) is 0 Å². The van der Waals surface area contributed by atoms with Crippen molar-refractivity contribution in [3.8, 4) is 0 Å². The number of nitrogens with one attached hydrogen (secondary N) is 1. The molecule has 0 amide bonds. The zero-order valence-corrected chi connectivity index (χ0v) is 9.52. The molecular formula is C13H17F2N. The molecule has 1 atom stereocenters. The molecule has 1 unspecified atom stereocenters. The van der Waals surface area contributed by atoms with Crippen molar-refractivity contribution < 1.29 is 8.78 Å². The number of hydrogen-bond donors (Lipinski definition) is 1. The van der Waals surface area contributed by atoms with Crippen LogP contribution in [0.5, 0.6) is 0 Å². The highest BCUT2D eigenvalue weighted by atomic mass is 19.1. The Kier molecular flexibility index (Phi) is 3.54. The van der Waals surface area contributed by atoms with Crippen LogP contribution in [0, 0.1) is 24.5 Å². The van der Waals surface area contributed by atoms with Gasteiger partial charge in [0.05, 0.1) is 0 Å². The lowest BCUT2D eigenvalue weighted by Crippen LogP contribution is -2.31. The van der Waals surface area contributed by atoms with E-state index in [1.807, 2.05) is 0 Å². The van der Waals surface area contributed by atoms with Crippen LogP contribution in [-0.4, -0.2) is 13.1 Å². The van der Waals surface area contributed by atoms with Crippen LogP contribution in [0.4, 0.5) is 8.78 Å². The predicted molar refractivity (Wildman–Crippen MR) is 60.4 cm³/mol. The number of aryl methyl sites for hydroxylation is 1. The summed E-state index contributed by atoms with van der Waals surface area (Å²) in [6.45, 7) is 3.60. The molecule has 1 aromatic rings. The lowest BCUT2D eigenvalue weighted by molar-refractivity contribution is 0.366. The summed E-state index contributed by atoms with van der Waals surface area (Å²) in [6.07, 6.45) is 2.66. The van der Waals surface area contributed by atoms with Crippen LogP contribution in [0.3, 0.4) is 0 Å². The van der Waals surface area contributed by atoms with Gasteiger partial charge in [-0.25, -0.2) is 8.78 Å². The van der Waals surface area contributed by atoms with Gasteiger partial charge in [-0.05, 0) is 62.9 Å². The Balaban J connectivity index is 2.14. The van der Waals surface area contributed by atoms with E-state index in [2.05, 4.69) is 5.32 Å². The van der Waals surface area contributed by atoms with E-state index in [9.17, 15) is 8.78 Å². The summed E-state index contributed by atoms with van der Waals surface area (Å²) in [5, 5.41) is 3.26.